The zero-order valence-electron chi connectivity index (χ0n) is 12.1. The molecule has 2 aromatic carbocycles. The topological polar surface area (TPSA) is 55.1 Å². The van der Waals surface area contributed by atoms with Gasteiger partial charge in [-0.25, -0.2) is 4.39 Å². The first-order chi connectivity index (χ1) is 9.99. The van der Waals surface area contributed by atoms with Crippen LogP contribution in [0.2, 0.25) is 0 Å². The second-order valence-electron chi connectivity index (χ2n) is 5.18. The fraction of sp³-hybridized carbons (Fsp3) is 0.235. The summed E-state index contributed by atoms with van der Waals surface area (Å²) in [6.45, 7) is 3.44. The summed E-state index contributed by atoms with van der Waals surface area (Å²) >= 11 is 0. The molecule has 3 nitrogen and oxygen atoms in total. The maximum atomic E-state index is 13.2. The number of anilines is 1. The van der Waals surface area contributed by atoms with Gasteiger partial charge in [0, 0.05) is 11.7 Å². The van der Waals surface area contributed by atoms with Crippen molar-refractivity contribution in [3.05, 3.63) is 65.5 Å². The Kier molecular flexibility index (Phi) is 4.70. The van der Waals surface area contributed by atoms with Crippen LogP contribution in [0.25, 0.3) is 0 Å². The van der Waals surface area contributed by atoms with Crippen LogP contribution in [-0.2, 0) is 4.79 Å². The van der Waals surface area contributed by atoms with Gasteiger partial charge in [0.2, 0.25) is 5.91 Å². The Morgan fingerprint density at radius 1 is 1.19 bits per heavy atom. The molecule has 0 aliphatic carbocycles. The van der Waals surface area contributed by atoms with Crippen molar-refractivity contribution >= 4 is 11.6 Å². The van der Waals surface area contributed by atoms with Crippen LogP contribution in [0.1, 0.15) is 24.1 Å². The van der Waals surface area contributed by atoms with E-state index in [1.54, 1.807) is 26.0 Å². The summed E-state index contributed by atoms with van der Waals surface area (Å²) < 4.78 is 13.2. The Bertz CT molecular complexity index is 628. The molecule has 0 fully saturated rings. The minimum atomic E-state index is -0.391. The maximum absolute atomic E-state index is 13.2. The van der Waals surface area contributed by atoms with Gasteiger partial charge in [0.25, 0.3) is 0 Å². The van der Waals surface area contributed by atoms with Crippen LogP contribution in [0.3, 0.4) is 0 Å². The number of amides is 1. The normalized spacial score (nSPS) is 13.5. The first-order valence-electron chi connectivity index (χ1n) is 6.86. The number of carbonyl (C=O) groups excluding carboxylic acids is 1. The molecule has 4 heteroatoms. The lowest BCUT2D eigenvalue weighted by Crippen LogP contribution is -2.30. The Balaban J connectivity index is 2.07. The summed E-state index contributed by atoms with van der Waals surface area (Å²) in [4.78, 5) is 12.2. The van der Waals surface area contributed by atoms with Gasteiger partial charge in [-0.2, -0.15) is 0 Å². The predicted octanol–water partition coefficient (Wildman–Crippen LogP) is 3.41. The molecule has 3 N–H and O–H groups in total. The van der Waals surface area contributed by atoms with Crippen molar-refractivity contribution in [2.45, 2.75) is 19.9 Å². The van der Waals surface area contributed by atoms with Crippen LogP contribution in [0, 0.1) is 18.7 Å². The number of aryl methyl sites for hydroxylation is 1. The summed E-state index contributed by atoms with van der Waals surface area (Å²) in [6, 6.07) is 13.6. The molecule has 0 radical (unpaired) electrons. The number of hydrogen-bond donors (Lipinski definition) is 2. The Morgan fingerprint density at radius 2 is 1.86 bits per heavy atom. The highest BCUT2D eigenvalue weighted by molar-refractivity contribution is 5.92. The Labute approximate surface area is 124 Å². The van der Waals surface area contributed by atoms with Crippen molar-refractivity contribution in [2.24, 2.45) is 11.7 Å². The summed E-state index contributed by atoms with van der Waals surface area (Å²) in [7, 11) is 0. The molecule has 110 valence electrons. The average Bonchev–Trinajstić information content (AvgIpc) is 2.50. The molecule has 0 aromatic heterocycles. The van der Waals surface area contributed by atoms with E-state index in [0.717, 1.165) is 5.56 Å². The Hall–Kier alpha value is -2.20. The van der Waals surface area contributed by atoms with E-state index in [1.807, 2.05) is 30.3 Å². The summed E-state index contributed by atoms with van der Waals surface area (Å²) in [5, 5.41) is 2.77. The van der Waals surface area contributed by atoms with E-state index in [0.29, 0.717) is 11.3 Å². The number of rotatable bonds is 4. The van der Waals surface area contributed by atoms with E-state index in [4.69, 9.17) is 5.73 Å². The molecule has 0 aliphatic rings. The fourth-order valence-electron chi connectivity index (χ4n) is 2.11. The monoisotopic (exact) mass is 286 g/mol. The van der Waals surface area contributed by atoms with Gasteiger partial charge in [-0.05, 0) is 36.2 Å². The fourth-order valence-corrected chi connectivity index (χ4v) is 2.11. The van der Waals surface area contributed by atoms with E-state index < -0.39 is 5.92 Å². The van der Waals surface area contributed by atoms with E-state index in [-0.39, 0.29) is 17.8 Å². The van der Waals surface area contributed by atoms with Crippen LogP contribution in [0.4, 0.5) is 10.1 Å². The van der Waals surface area contributed by atoms with Crippen LogP contribution >= 0.6 is 0 Å². The van der Waals surface area contributed by atoms with Crippen molar-refractivity contribution in [1.82, 2.24) is 0 Å². The molecule has 0 spiro atoms. The number of nitrogens with one attached hydrogen (secondary N) is 1. The van der Waals surface area contributed by atoms with Gasteiger partial charge in [0.05, 0.1) is 5.92 Å². The number of nitrogens with two attached hydrogens (primary N) is 1. The summed E-state index contributed by atoms with van der Waals surface area (Å²) in [5.41, 5.74) is 8.11. The molecule has 0 saturated carbocycles. The lowest BCUT2D eigenvalue weighted by atomic mass is 9.94. The molecule has 2 atom stereocenters. The highest BCUT2D eigenvalue weighted by atomic mass is 19.1. The molecule has 0 heterocycles. The van der Waals surface area contributed by atoms with E-state index in [9.17, 15) is 9.18 Å². The maximum Gasteiger partial charge on any atom is 0.229 e. The largest absolute Gasteiger partial charge is 0.326 e. The van der Waals surface area contributed by atoms with Crippen molar-refractivity contribution in [2.75, 3.05) is 5.32 Å². The number of hydrogen-bond acceptors (Lipinski definition) is 2. The summed E-state index contributed by atoms with van der Waals surface area (Å²) in [6.07, 6.45) is 0. The van der Waals surface area contributed by atoms with Gasteiger partial charge in [-0.1, -0.05) is 37.3 Å². The molecular formula is C17H19FN2O. The van der Waals surface area contributed by atoms with Gasteiger partial charge >= 0.3 is 0 Å². The van der Waals surface area contributed by atoms with Crippen molar-refractivity contribution in [3.8, 4) is 0 Å². The molecular weight excluding hydrogens is 267 g/mol. The van der Waals surface area contributed by atoms with Gasteiger partial charge in [-0.3, -0.25) is 4.79 Å². The van der Waals surface area contributed by atoms with Crippen LogP contribution < -0.4 is 11.1 Å². The second kappa shape index (κ2) is 6.50. The SMILES string of the molecule is Cc1cc(NC(=O)C(C)C(N)c2ccccc2)ccc1F. The highest BCUT2D eigenvalue weighted by Crippen LogP contribution is 2.21. The zero-order chi connectivity index (χ0) is 15.4. The van der Waals surface area contributed by atoms with Gasteiger partial charge in [0.1, 0.15) is 5.82 Å². The van der Waals surface area contributed by atoms with Gasteiger partial charge < -0.3 is 11.1 Å². The first-order valence-corrected chi connectivity index (χ1v) is 6.86. The first kappa shape index (κ1) is 15.2. The van der Waals surface area contributed by atoms with Crippen LogP contribution in [-0.4, -0.2) is 5.91 Å². The lowest BCUT2D eigenvalue weighted by molar-refractivity contribution is -0.120. The van der Waals surface area contributed by atoms with E-state index in [1.165, 1.54) is 6.07 Å². The number of carbonyl (C=O) groups is 1. The van der Waals surface area contributed by atoms with Crippen molar-refractivity contribution in [1.29, 1.82) is 0 Å². The van der Waals surface area contributed by atoms with Crippen LogP contribution in [0.15, 0.2) is 48.5 Å². The standard InChI is InChI=1S/C17H19FN2O/c1-11-10-14(8-9-15(11)18)20-17(21)12(2)16(19)13-6-4-3-5-7-13/h3-10,12,16H,19H2,1-2H3,(H,20,21). The smallest absolute Gasteiger partial charge is 0.229 e. The predicted molar refractivity (Wildman–Crippen MR) is 82.3 cm³/mol. The minimum absolute atomic E-state index is 0.183. The average molecular weight is 286 g/mol. The van der Waals surface area contributed by atoms with E-state index in [2.05, 4.69) is 5.32 Å². The third-order valence-electron chi connectivity index (χ3n) is 3.56. The summed E-state index contributed by atoms with van der Waals surface area (Å²) in [5.74, 6) is -0.864. The highest BCUT2D eigenvalue weighted by Gasteiger charge is 2.22. The quantitative estimate of drug-likeness (QED) is 0.905. The molecule has 21 heavy (non-hydrogen) atoms. The molecule has 0 aliphatic heterocycles. The minimum Gasteiger partial charge on any atom is -0.326 e. The van der Waals surface area contributed by atoms with E-state index >= 15 is 0 Å². The molecule has 2 aromatic rings. The molecule has 2 unspecified atom stereocenters. The zero-order valence-corrected chi connectivity index (χ0v) is 12.1. The van der Waals surface area contributed by atoms with Gasteiger partial charge in [0.15, 0.2) is 0 Å². The lowest BCUT2D eigenvalue weighted by Gasteiger charge is -2.20. The molecule has 1 amide bonds. The Morgan fingerprint density at radius 3 is 2.48 bits per heavy atom. The second-order valence-corrected chi connectivity index (χ2v) is 5.18. The third-order valence-corrected chi connectivity index (χ3v) is 3.56. The van der Waals surface area contributed by atoms with Crippen molar-refractivity contribution < 1.29 is 9.18 Å². The number of halogens is 1. The number of benzene rings is 2. The van der Waals surface area contributed by atoms with Gasteiger partial charge in [-0.15, -0.1) is 0 Å². The molecule has 0 bridgehead atoms. The van der Waals surface area contributed by atoms with Crippen LogP contribution in [0.5, 0.6) is 0 Å². The molecule has 2 rings (SSSR count). The van der Waals surface area contributed by atoms with Crippen molar-refractivity contribution in [3.63, 3.8) is 0 Å². The third kappa shape index (κ3) is 3.67. The molecule has 0 saturated heterocycles.